The molecule has 1 saturated heterocycles. The Kier molecular flexibility index (Phi) is 5.06. The van der Waals surface area contributed by atoms with Crippen LogP contribution in [-0.4, -0.2) is 42.7 Å². The van der Waals surface area contributed by atoms with Crippen LogP contribution >= 0.6 is 11.8 Å². The van der Waals surface area contributed by atoms with Crippen molar-refractivity contribution in [1.82, 2.24) is 4.90 Å². The molecule has 5 heteroatoms. The van der Waals surface area contributed by atoms with Gasteiger partial charge in [-0.15, -0.1) is 11.8 Å². The number of rotatable bonds is 3. The molecule has 1 atom stereocenters. The molecule has 0 aliphatic carbocycles. The molecular weight excluding hydrogens is 274 g/mol. The van der Waals surface area contributed by atoms with E-state index in [0.717, 1.165) is 17.7 Å². The van der Waals surface area contributed by atoms with Crippen molar-refractivity contribution >= 4 is 23.6 Å². The highest BCUT2D eigenvalue weighted by Gasteiger charge is 2.33. The van der Waals surface area contributed by atoms with Gasteiger partial charge in [0.25, 0.3) is 5.91 Å². The third-order valence-corrected chi connectivity index (χ3v) is 4.37. The van der Waals surface area contributed by atoms with Crippen molar-refractivity contribution in [3.05, 3.63) is 29.8 Å². The lowest BCUT2D eigenvalue weighted by Crippen LogP contribution is -2.48. The number of ether oxygens (including phenoxy) is 1. The van der Waals surface area contributed by atoms with Gasteiger partial charge in [0.05, 0.1) is 12.7 Å². The highest BCUT2D eigenvalue weighted by Crippen LogP contribution is 2.25. The zero-order chi connectivity index (χ0) is 14.5. The molecule has 1 aliphatic heterocycles. The number of methoxy groups -OCH3 is 1. The first-order valence-electron chi connectivity index (χ1n) is 6.71. The lowest BCUT2D eigenvalue weighted by atomic mass is 10.0. The minimum Gasteiger partial charge on any atom is -0.467 e. The standard InChI is InChI=1S/C15H19NO3S/c1-19-15(18)12-8-5-6-10-16(12)14(17)11-7-3-4-9-13(11)20-2/h3-4,7,9,12H,5-6,8,10H2,1-2H3/t12-/m1/s1. The van der Waals surface area contributed by atoms with Gasteiger partial charge in [-0.3, -0.25) is 4.79 Å². The van der Waals surface area contributed by atoms with Gasteiger partial charge < -0.3 is 9.64 Å². The second-order valence-electron chi connectivity index (χ2n) is 4.73. The summed E-state index contributed by atoms with van der Waals surface area (Å²) in [6.07, 6.45) is 4.51. The number of amides is 1. The summed E-state index contributed by atoms with van der Waals surface area (Å²) in [7, 11) is 1.37. The van der Waals surface area contributed by atoms with E-state index >= 15 is 0 Å². The van der Waals surface area contributed by atoms with Crippen LogP contribution in [0.15, 0.2) is 29.2 Å². The summed E-state index contributed by atoms with van der Waals surface area (Å²) < 4.78 is 4.82. The first-order valence-corrected chi connectivity index (χ1v) is 7.93. The van der Waals surface area contributed by atoms with E-state index in [1.165, 1.54) is 18.9 Å². The molecule has 108 valence electrons. The largest absolute Gasteiger partial charge is 0.467 e. The highest BCUT2D eigenvalue weighted by atomic mass is 32.2. The van der Waals surface area contributed by atoms with Crippen LogP contribution < -0.4 is 0 Å². The summed E-state index contributed by atoms with van der Waals surface area (Å²) in [6.45, 7) is 0.612. The average molecular weight is 293 g/mol. The number of thioether (sulfide) groups is 1. The minimum absolute atomic E-state index is 0.0787. The second kappa shape index (κ2) is 6.79. The predicted molar refractivity (Wildman–Crippen MR) is 78.9 cm³/mol. The normalized spacial score (nSPS) is 18.7. The first kappa shape index (κ1) is 14.9. The van der Waals surface area contributed by atoms with Crippen LogP contribution in [0, 0.1) is 0 Å². The molecule has 0 spiro atoms. The van der Waals surface area contributed by atoms with Crippen molar-refractivity contribution in [3.63, 3.8) is 0 Å². The van der Waals surface area contributed by atoms with Crippen molar-refractivity contribution in [1.29, 1.82) is 0 Å². The van der Waals surface area contributed by atoms with Gasteiger partial charge in [-0.2, -0.15) is 0 Å². The zero-order valence-electron chi connectivity index (χ0n) is 11.8. The maximum absolute atomic E-state index is 12.7. The molecule has 2 rings (SSSR count). The second-order valence-corrected chi connectivity index (χ2v) is 5.58. The molecule has 20 heavy (non-hydrogen) atoms. The quantitative estimate of drug-likeness (QED) is 0.635. The molecule has 1 aromatic rings. The van der Waals surface area contributed by atoms with E-state index in [2.05, 4.69) is 0 Å². The molecule has 1 fully saturated rings. The van der Waals surface area contributed by atoms with Gasteiger partial charge in [-0.1, -0.05) is 12.1 Å². The van der Waals surface area contributed by atoms with Crippen LogP contribution in [0.4, 0.5) is 0 Å². The Morgan fingerprint density at radius 1 is 1.30 bits per heavy atom. The fourth-order valence-electron chi connectivity index (χ4n) is 2.53. The van der Waals surface area contributed by atoms with Gasteiger partial charge in [0.15, 0.2) is 0 Å². The summed E-state index contributed by atoms with van der Waals surface area (Å²) in [6, 6.07) is 7.06. The van der Waals surface area contributed by atoms with Crippen molar-refractivity contribution < 1.29 is 14.3 Å². The fourth-order valence-corrected chi connectivity index (χ4v) is 3.12. The molecule has 0 aromatic heterocycles. The Balaban J connectivity index is 2.27. The number of esters is 1. The van der Waals surface area contributed by atoms with Crippen molar-refractivity contribution in [3.8, 4) is 0 Å². The Morgan fingerprint density at radius 3 is 2.75 bits per heavy atom. The number of piperidine rings is 1. The summed E-state index contributed by atoms with van der Waals surface area (Å²) in [5, 5.41) is 0. The summed E-state index contributed by atoms with van der Waals surface area (Å²) in [5.41, 5.74) is 0.663. The number of hydrogen-bond donors (Lipinski definition) is 0. The lowest BCUT2D eigenvalue weighted by molar-refractivity contribution is -0.147. The lowest BCUT2D eigenvalue weighted by Gasteiger charge is -2.34. The van der Waals surface area contributed by atoms with Crippen LogP contribution in [-0.2, 0) is 9.53 Å². The number of benzene rings is 1. The molecular formula is C15H19NO3S. The fraction of sp³-hybridized carbons (Fsp3) is 0.467. The maximum Gasteiger partial charge on any atom is 0.328 e. The van der Waals surface area contributed by atoms with Crippen LogP contribution in [0.1, 0.15) is 29.6 Å². The van der Waals surface area contributed by atoms with E-state index in [1.807, 2.05) is 30.5 Å². The maximum atomic E-state index is 12.7. The zero-order valence-corrected chi connectivity index (χ0v) is 12.6. The molecule has 4 nitrogen and oxygen atoms in total. The smallest absolute Gasteiger partial charge is 0.328 e. The number of likely N-dealkylation sites (tertiary alicyclic amines) is 1. The van der Waals surface area contributed by atoms with Gasteiger partial charge >= 0.3 is 5.97 Å². The summed E-state index contributed by atoms with van der Waals surface area (Å²) >= 11 is 1.54. The van der Waals surface area contributed by atoms with Crippen molar-refractivity contribution in [2.75, 3.05) is 19.9 Å². The summed E-state index contributed by atoms with van der Waals surface area (Å²) in [4.78, 5) is 27.2. The third kappa shape index (κ3) is 2.98. The monoisotopic (exact) mass is 293 g/mol. The van der Waals surface area contributed by atoms with Crippen LogP contribution in [0.2, 0.25) is 0 Å². The predicted octanol–water partition coefficient (Wildman–Crippen LogP) is 2.58. The van der Waals surface area contributed by atoms with Gasteiger partial charge in [0, 0.05) is 11.4 Å². The number of nitrogens with zero attached hydrogens (tertiary/aromatic N) is 1. The summed E-state index contributed by atoms with van der Waals surface area (Å²) in [5.74, 6) is -0.398. The van der Waals surface area contributed by atoms with Crippen LogP contribution in [0.3, 0.4) is 0 Å². The van der Waals surface area contributed by atoms with Gasteiger partial charge in [-0.25, -0.2) is 4.79 Å². The molecule has 0 bridgehead atoms. The van der Waals surface area contributed by atoms with Crippen molar-refractivity contribution in [2.24, 2.45) is 0 Å². The first-order chi connectivity index (χ1) is 9.69. The molecule has 1 aromatic carbocycles. The van der Waals surface area contributed by atoms with Gasteiger partial charge in [0.1, 0.15) is 6.04 Å². The Labute approximate surface area is 123 Å². The SMILES string of the molecule is COC(=O)[C@H]1CCCCN1C(=O)c1ccccc1SC. The van der Waals surface area contributed by atoms with E-state index in [0.29, 0.717) is 18.5 Å². The van der Waals surface area contributed by atoms with E-state index < -0.39 is 6.04 Å². The number of carbonyl (C=O) groups excluding carboxylic acids is 2. The van der Waals surface area contributed by atoms with Gasteiger partial charge in [0.2, 0.25) is 0 Å². The Hall–Kier alpha value is -1.49. The molecule has 0 N–H and O–H groups in total. The molecule has 1 heterocycles. The molecule has 0 saturated carbocycles. The van der Waals surface area contributed by atoms with Crippen LogP contribution in [0.5, 0.6) is 0 Å². The molecule has 0 unspecified atom stereocenters. The minimum atomic E-state index is -0.448. The van der Waals surface area contributed by atoms with Crippen LogP contribution in [0.25, 0.3) is 0 Å². The molecule has 0 radical (unpaired) electrons. The van der Waals surface area contributed by atoms with E-state index in [-0.39, 0.29) is 11.9 Å². The number of hydrogen-bond acceptors (Lipinski definition) is 4. The van der Waals surface area contributed by atoms with E-state index in [9.17, 15) is 9.59 Å². The van der Waals surface area contributed by atoms with E-state index in [1.54, 1.807) is 4.90 Å². The van der Waals surface area contributed by atoms with Gasteiger partial charge in [-0.05, 0) is 37.7 Å². The molecule has 1 amide bonds. The average Bonchev–Trinajstić information content (AvgIpc) is 2.53. The topological polar surface area (TPSA) is 46.6 Å². The van der Waals surface area contributed by atoms with Crippen molar-refractivity contribution in [2.45, 2.75) is 30.2 Å². The highest BCUT2D eigenvalue weighted by molar-refractivity contribution is 7.98. The van der Waals surface area contributed by atoms with E-state index in [4.69, 9.17) is 4.74 Å². The Bertz CT molecular complexity index is 504. The third-order valence-electron chi connectivity index (χ3n) is 3.57. The Morgan fingerprint density at radius 2 is 2.05 bits per heavy atom. The number of carbonyl (C=O) groups is 2. The molecule has 1 aliphatic rings.